The van der Waals surface area contributed by atoms with Crippen LogP contribution in [0.25, 0.3) is 0 Å². The molecule has 0 aliphatic heterocycles. The van der Waals surface area contributed by atoms with Crippen molar-refractivity contribution in [3.05, 3.63) is 102 Å². The van der Waals surface area contributed by atoms with Gasteiger partial charge in [0.25, 0.3) is 0 Å². The van der Waals surface area contributed by atoms with Gasteiger partial charge in [-0.1, -0.05) is 72.8 Å². The predicted octanol–water partition coefficient (Wildman–Crippen LogP) is 4.43. The van der Waals surface area contributed by atoms with Gasteiger partial charge in [0.15, 0.2) is 0 Å². The Hall–Kier alpha value is -2.62. The van der Waals surface area contributed by atoms with Crippen molar-refractivity contribution >= 4 is 0 Å². The number of hydrogen-bond donors (Lipinski definition) is 1. The molecule has 0 saturated carbocycles. The molecule has 1 N–H and O–H groups in total. The summed E-state index contributed by atoms with van der Waals surface area (Å²) >= 11 is 0. The van der Waals surface area contributed by atoms with Gasteiger partial charge in [-0.2, -0.15) is 0 Å². The molecule has 3 heteroatoms. The van der Waals surface area contributed by atoms with Gasteiger partial charge < -0.3 is 9.84 Å². The number of benzene rings is 3. The molecule has 0 radical (unpaired) electrons. The zero-order valence-electron chi connectivity index (χ0n) is 15.1. The van der Waals surface area contributed by atoms with Crippen LogP contribution in [0.5, 0.6) is 5.75 Å². The van der Waals surface area contributed by atoms with E-state index in [1.165, 1.54) is 5.56 Å². The number of rotatable bonds is 8. The second-order valence-corrected chi connectivity index (χ2v) is 6.54. The van der Waals surface area contributed by atoms with E-state index in [1.807, 2.05) is 79.8 Å². The fourth-order valence-electron chi connectivity index (χ4n) is 2.91. The Kier molecular flexibility index (Phi) is 6.42. The Morgan fingerprint density at radius 3 is 2.19 bits per heavy atom. The maximum Gasteiger partial charge on any atom is 0.120 e. The van der Waals surface area contributed by atoms with Crippen molar-refractivity contribution in [3.63, 3.8) is 0 Å². The summed E-state index contributed by atoms with van der Waals surface area (Å²) in [6, 6.07) is 28.1. The molecule has 0 saturated heterocycles. The normalized spacial score (nSPS) is 12.1. The fraction of sp³-hybridized carbons (Fsp3) is 0.217. The Morgan fingerprint density at radius 1 is 0.846 bits per heavy atom. The fourth-order valence-corrected chi connectivity index (χ4v) is 2.91. The molecule has 0 aromatic heterocycles. The summed E-state index contributed by atoms with van der Waals surface area (Å²) in [5, 5.41) is 10.6. The van der Waals surface area contributed by atoms with E-state index in [4.69, 9.17) is 4.74 Å². The quantitative estimate of drug-likeness (QED) is 0.654. The molecular formula is C23H25NO2. The molecule has 0 spiro atoms. The van der Waals surface area contributed by atoms with Gasteiger partial charge in [0.05, 0.1) is 6.10 Å². The van der Waals surface area contributed by atoms with E-state index in [1.54, 1.807) is 0 Å². The van der Waals surface area contributed by atoms with Crippen molar-refractivity contribution in [2.45, 2.75) is 19.3 Å². The first kappa shape index (κ1) is 18.2. The molecule has 1 atom stereocenters. The first-order chi connectivity index (χ1) is 12.7. The van der Waals surface area contributed by atoms with Crippen LogP contribution in [0.4, 0.5) is 0 Å². The minimum absolute atomic E-state index is 0.522. The third-order valence-corrected chi connectivity index (χ3v) is 4.27. The standard InChI is InChI=1S/C23H25NO2/c1-24(16-19-9-4-2-5-10-19)17-23(25)21-13-8-14-22(15-21)26-18-20-11-6-3-7-12-20/h2-15,23,25H,16-18H2,1H3/t23-/m1/s1. The van der Waals surface area contributed by atoms with Gasteiger partial charge in [-0.15, -0.1) is 0 Å². The highest BCUT2D eigenvalue weighted by Gasteiger charge is 2.12. The molecule has 0 aliphatic carbocycles. The number of likely N-dealkylation sites (N-methyl/N-ethyl adjacent to an activating group) is 1. The van der Waals surface area contributed by atoms with Crippen molar-refractivity contribution in [2.24, 2.45) is 0 Å². The Balaban J connectivity index is 1.56. The molecular weight excluding hydrogens is 322 g/mol. The van der Waals surface area contributed by atoms with Gasteiger partial charge >= 0.3 is 0 Å². The number of nitrogens with zero attached hydrogens (tertiary/aromatic N) is 1. The Bertz CT molecular complexity index is 790. The van der Waals surface area contributed by atoms with Gasteiger partial charge in [-0.3, -0.25) is 4.90 Å². The lowest BCUT2D eigenvalue weighted by Gasteiger charge is -2.21. The van der Waals surface area contributed by atoms with Crippen molar-refractivity contribution in [1.29, 1.82) is 0 Å². The smallest absolute Gasteiger partial charge is 0.120 e. The van der Waals surface area contributed by atoms with Crippen LogP contribution in [-0.4, -0.2) is 23.6 Å². The molecule has 3 nitrogen and oxygen atoms in total. The highest BCUT2D eigenvalue weighted by Crippen LogP contribution is 2.21. The highest BCUT2D eigenvalue weighted by atomic mass is 16.5. The van der Waals surface area contributed by atoms with Crippen molar-refractivity contribution in [2.75, 3.05) is 13.6 Å². The average Bonchev–Trinajstić information content (AvgIpc) is 2.68. The molecule has 0 bridgehead atoms. The van der Waals surface area contributed by atoms with Gasteiger partial charge in [0, 0.05) is 13.1 Å². The van der Waals surface area contributed by atoms with E-state index in [0.717, 1.165) is 23.4 Å². The monoisotopic (exact) mass is 347 g/mol. The van der Waals surface area contributed by atoms with Crippen LogP contribution in [0.3, 0.4) is 0 Å². The SMILES string of the molecule is CN(Cc1ccccc1)C[C@@H](O)c1cccc(OCc2ccccc2)c1. The number of aliphatic hydroxyl groups is 1. The Morgan fingerprint density at radius 2 is 1.50 bits per heavy atom. The van der Waals surface area contributed by atoms with E-state index in [0.29, 0.717) is 13.2 Å². The van der Waals surface area contributed by atoms with Crippen LogP contribution in [0.2, 0.25) is 0 Å². The summed E-state index contributed by atoms with van der Waals surface area (Å²) in [6.45, 7) is 1.90. The molecule has 0 amide bonds. The van der Waals surface area contributed by atoms with Gasteiger partial charge in [0.2, 0.25) is 0 Å². The summed E-state index contributed by atoms with van der Waals surface area (Å²) in [7, 11) is 2.02. The van der Waals surface area contributed by atoms with Crippen LogP contribution in [0.1, 0.15) is 22.8 Å². The maximum atomic E-state index is 10.6. The topological polar surface area (TPSA) is 32.7 Å². The van der Waals surface area contributed by atoms with Gasteiger partial charge in [-0.05, 0) is 35.9 Å². The third-order valence-electron chi connectivity index (χ3n) is 4.27. The van der Waals surface area contributed by atoms with E-state index in [9.17, 15) is 5.11 Å². The average molecular weight is 347 g/mol. The maximum absolute atomic E-state index is 10.6. The van der Waals surface area contributed by atoms with Crippen LogP contribution in [0.15, 0.2) is 84.9 Å². The Labute approximate surface area is 155 Å². The van der Waals surface area contributed by atoms with Crippen molar-refractivity contribution in [3.8, 4) is 5.75 Å². The zero-order valence-corrected chi connectivity index (χ0v) is 15.1. The molecule has 134 valence electrons. The summed E-state index contributed by atoms with van der Waals surface area (Å²) in [4.78, 5) is 2.12. The van der Waals surface area contributed by atoms with Crippen molar-refractivity contribution in [1.82, 2.24) is 4.90 Å². The molecule has 0 heterocycles. The summed E-state index contributed by atoms with van der Waals surface area (Å²) in [5.74, 6) is 0.774. The molecule has 0 unspecified atom stereocenters. The molecule has 0 aliphatic rings. The second kappa shape index (κ2) is 9.18. The van der Waals surface area contributed by atoms with Crippen LogP contribution >= 0.6 is 0 Å². The van der Waals surface area contributed by atoms with Gasteiger partial charge in [-0.25, -0.2) is 0 Å². The minimum Gasteiger partial charge on any atom is -0.489 e. The number of aliphatic hydroxyl groups excluding tert-OH is 1. The number of hydrogen-bond acceptors (Lipinski definition) is 3. The lowest BCUT2D eigenvalue weighted by molar-refractivity contribution is 0.123. The summed E-state index contributed by atoms with van der Waals surface area (Å²) in [5.41, 5.74) is 3.23. The third kappa shape index (κ3) is 5.45. The van der Waals surface area contributed by atoms with Gasteiger partial charge in [0.1, 0.15) is 12.4 Å². The van der Waals surface area contributed by atoms with Crippen LogP contribution in [-0.2, 0) is 13.2 Å². The lowest BCUT2D eigenvalue weighted by Crippen LogP contribution is -2.24. The van der Waals surface area contributed by atoms with Crippen LogP contribution < -0.4 is 4.74 Å². The zero-order chi connectivity index (χ0) is 18.2. The lowest BCUT2D eigenvalue weighted by atomic mass is 10.1. The van der Waals surface area contributed by atoms with E-state index in [-0.39, 0.29) is 0 Å². The molecule has 3 rings (SSSR count). The van der Waals surface area contributed by atoms with Crippen molar-refractivity contribution < 1.29 is 9.84 Å². The highest BCUT2D eigenvalue weighted by molar-refractivity contribution is 5.30. The largest absolute Gasteiger partial charge is 0.489 e. The van der Waals surface area contributed by atoms with E-state index >= 15 is 0 Å². The molecule has 26 heavy (non-hydrogen) atoms. The minimum atomic E-state index is -0.552. The molecule has 3 aromatic carbocycles. The molecule has 0 fully saturated rings. The first-order valence-electron chi connectivity index (χ1n) is 8.88. The van der Waals surface area contributed by atoms with Crippen LogP contribution in [0, 0.1) is 0 Å². The van der Waals surface area contributed by atoms with E-state index < -0.39 is 6.10 Å². The predicted molar refractivity (Wildman–Crippen MR) is 105 cm³/mol. The second-order valence-electron chi connectivity index (χ2n) is 6.54. The first-order valence-corrected chi connectivity index (χ1v) is 8.88. The number of ether oxygens (including phenoxy) is 1. The molecule has 3 aromatic rings. The summed E-state index contributed by atoms with van der Waals surface area (Å²) in [6.07, 6.45) is -0.552. The van der Waals surface area contributed by atoms with E-state index in [2.05, 4.69) is 17.0 Å². The summed E-state index contributed by atoms with van der Waals surface area (Å²) < 4.78 is 5.86.